The Morgan fingerprint density at radius 3 is 1.14 bits per heavy atom. The summed E-state index contributed by atoms with van der Waals surface area (Å²) in [5, 5.41) is 21.8. The number of aromatic nitrogens is 7. The summed E-state index contributed by atoms with van der Waals surface area (Å²) in [6.07, 6.45) is 7.94. The fourth-order valence-electron chi connectivity index (χ4n) is 12.8. The summed E-state index contributed by atoms with van der Waals surface area (Å²) < 4.78 is 36.7. The van der Waals surface area contributed by atoms with Crippen molar-refractivity contribution < 1.29 is 46.7 Å². The number of carbonyl (C=O) groups excluding carboxylic acids is 7. The molecule has 15 rings (SSSR count). The standard InChI is InChI=1S/C25H24Cl2N4O2.C23H20Cl2N4O2.C22H19ClN6O.C21H14Cl2F3N3O2/c1-2-30-11-13-31(14-12-30)25(33)17-6-8-19(22(27)15-17)24(32)29-18-7-9-21(26)20(16-18)23-5-3-4-10-28-23;24-19-7-5-16(14-18(19)21-3-1-2-8-27-21)28-22(30)17-6-4-15(13-20(17)25)23(31)29-11-9-26-10-12-29;23-19-6-5-16(11-18(19)20-3-1-2-9-25-20)29-22(30)15-4-7-21(27-12-15)26-10-8-17-13-24-14-28-17;22-16-7-5-13(10-15(16)18-3-1-2-8-27-18)29-20(31)14-6-4-12(9-17(14)23)19(30)28-11-21(24,25)26/h3-10,15-16H,2,11-14H2,1H3,(H,29,32);1-8,13-14,26H,9-12H2,(H,28,30);1-7,9,11-14H,8,10H2,(H,24,28)(H,26,27)(H,29,30);1-10H,11H2,(H,28,30)(H,29,31). The van der Waals surface area contributed by atoms with Crippen molar-refractivity contribution in [2.75, 3.05) is 98.6 Å². The summed E-state index contributed by atoms with van der Waals surface area (Å²) >= 11 is 44.0. The number of anilines is 5. The van der Waals surface area contributed by atoms with E-state index in [1.165, 1.54) is 12.1 Å². The van der Waals surface area contributed by atoms with Crippen LogP contribution in [0.5, 0.6) is 0 Å². The lowest BCUT2D eigenvalue weighted by atomic mass is 10.1. The number of carbonyl (C=O) groups is 7. The zero-order chi connectivity index (χ0) is 88.5. The van der Waals surface area contributed by atoms with E-state index < -0.39 is 24.5 Å². The number of nitrogens with zero attached hydrogens (tertiary/aromatic N) is 9. The number of imidazole rings is 1. The van der Waals surface area contributed by atoms with Crippen molar-refractivity contribution in [3.05, 3.63) is 336 Å². The molecule has 13 aromatic rings. The quantitative estimate of drug-likeness (QED) is 0.0331. The minimum absolute atomic E-state index is 0.0448. The van der Waals surface area contributed by atoms with Gasteiger partial charge in [0.05, 0.1) is 86.5 Å². The minimum atomic E-state index is -4.54. The lowest BCUT2D eigenvalue weighted by Gasteiger charge is -2.34. The third-order valence-corrected chi connectivity index (χ3v) is 21.6. The first-order chi connectivity index (χ1) is 60.3. The monoisotopic (exact) mass is 1820 g/mol. The average Bonchev–Trinajstić information content (AvgIpc) is 1.31. The number of likely N-dealkylation sites (N-methyl/N-ethyl adjacent to an activating group) is 1. The molecule has 0 radical (unpaired) electrons. The molecule has 2 aliphatic heterocycles. The van der Waals surface area contributed by atoms with Crippen LogP contribution in [-0.2, 0) is 6.42 Å². The minimum Gasteiger partial charge on any atom is -0.370 e. The first-order valence-corrected chi connectivity index (χ1v) is 41.5. The fraction of sp³-hybridized carbons (Fsp3) is 0.154. The molecular formula is C91H77Cl7F3N17O7. The lowest BCUT2D eigenvalue weighted by molar-refractivity contribution is -0.123. The van der Waals surface area contributed by atoms with Crippen LogP contribution in [0.2, 0.25) is 35.2 Å². The molecule has 2 fully saturated rings. The van der Waals surface area contributed by atoms with Gasteiger partial charge in [-0.05, 0) is 195 Å². The van der Waals surface area contributed by atoms with Crippen molar-refractivity contribution in [2.24, 2.45) is 0 Å². The van der Waals surface area contributed by atoms with Gasteiger partial charge in [-0.25, -0.2) is 9.97 Å². The number of hydrogen-bond acceptors (Lipinski definition) is 16. The highest BCUT2D eigenvalue weighted by Gasteiger charge is 2.29. The second-order valence-corrected chi connectivity index (χ2v) is 30.6. The molecule has 0 saturated carbocycles. The van der Waals surface area contributed by atoms with Crippen molar-refractivity contribution in [3.8, 4) is 45.0 Å². The lowest BCUT2D eigenvalue weighted by Crippen LogP contribution is -2.48. The third-order valence-electron chi connectivity index (χ3n) is 19.3. The Morgan fingerprint density at radius 1 is 0.400 bits per heavy atom. The van der Waals surface area contributed by atoms with Gasteiger partial charge in [0.25, 0.3) is 41.4 Å². The van der Waals surface area contributed by atoms with Gasteiger partial charge in [-0.2, -0.15) is 13.2 Å². The van der Waals surface area contributed by atoms with Crippen LogP contribution in [-0.4, -0.2) is 169 Å². The highest BCUT2D eigenvalue weighted by atomic mass is 35.5. The van der Waals surface area contributed by atoms with E-state index in [4.69, 9.17) is 81.2 Å². The predicted molar refractivity (Wildman–Crippen MR) is 485 cm³/mol. The van der Waals surface area contributed by atoms with Gasteiger partial charge in [-0.1, -0.05) is 112 Å². The number of pyridine rings is 5. The van der Waals surface area contributed by atoms with Crippen LogP contribution in [0.15, 0.2) is 256 Å². The van der Waals surface area contributed by atoms with Gasteiger partial charge < -0.3 is 56.9 Å². The number of rotatable bonds is 21. The van der Waals surface area contributed by atoms with E-state index in [0.717, 1.165) is 62.2 Å². The highest BCUT2D eigenvalue weighted by Crippen LogP contribution is 2.35. The second kappa shape index (κ2) is 44.1. The molecule has 8 N–H and O–H groups in total. The Bertz CT molecular complexity index is 5970. The first kappa shape index (κ1) is 91.5. The number of halogens is 10. The topological polar surface area (TPSA) is 307 Å². The van der Waals surface area contributed by atoms with Crippen LogP contribution >= 0.6 is 81.2 Å². The number of nitrogens with one attached hydrogen (secondary N) is 8. The van der Waals surface area contributed by atoms with Crippen LogP contribution in [0.4, 0.5) is 41.7 Å². The Hall–Kier alpha value is -12.7. The number of aromatic amines is 1. The van der Waals surface area contributed by atoms with Gasteiger partial charge in [0.2, 0.25) is 0 Å². The van der Waals surface area contributed by atoms with Gasteiger partial charge >= 0.3 is 6.18 Å². The van der Waals surface area contributed by atoms with E-state index in [2.05, 4.69) is 78.6 Å². The maximum absolute atomic E-state index is 12.9. The number of H-pyrrole nitrogens is 1. The molecule has 24 nitrogen and oxygen atoms in total. The molecule has 0 spiro atoms. The summed E-state index contributed by atoms with van der Waals surface area (Å²) in [6, 6.07) is 59.2. The van der Waals surface area contributed by atoms with E-state index in [9.17, 15) is 46.7 Å². The molecule has 7 aromatic carbocycles. The van der Waals surface area contributed by atoms with Gasteiger partial charge in [0, 0.05) is 170 Å². The van der Waals surface area contributed by atoms with Crippen LogP contribution in [0, 0.1) is 0 Å². The molecule has 7 amide bonds. The van der Waals surface area contributed by atoms with Crippen molar-refractivity contribution in [1.29, 1.82) is 0 Å². The van der Waals surface area contributed by atoms with Crippen LogP contribution < -0.4 is 37.2 Å². The zero-order valence-corrected chi connectivity index (χ0v) is 71.7. The van der Waals surface area contributed by atoms with E-state index in [1.54, 1.807) is 193 Å². The number of hydrogen-bond donors (Lipinski definition) is 8. The normalized spacial score (nSPS) is 12.4. The molecule has 0 aliphatic carbocycles. The molecule has 125 heavy (non-hydrogen) atoms. The van der Waals surface area contributed by atoms with Crippen LogP contribution in [0.3, 0.4) is 0 Å². The summed E-state index contributed by atoms with van der Waals surface area (Å²) in [5.74, 6) is -1.98. The fourth-order valence-corrected chi connectivity index (χ4v) is 14.4. The maximum Gasteiger partial charge on any atom is 0.405 e. The Balaban J connectivity index is 0.000000152. The number of alkyl halides is 3. The van der Waals surface area contributed by atoms with Gasteiger partial charge in [-0.15, -0.1) is 0 Å². The predicted octanol–water partition coefficient (Wildman–Crippen LogP) is 19.5. The summed E-state index contributed by atoms with van der Waals surface area (Å²) in [4.78, 5) is 123. The Labute approximate surface area is 751 Å². The number of piperazine rings is 2. The molecule has 34 heteroatoms. The SMILES string of the molecule is CCN1CCN(C(=O)c2ccc(C(=O)Nc3ccc(Cl)c(-c4ccccn4)c3)c(Cl)c2)CC1.O=C(NCC(F)(F)F)c1ccc(C(=O)Nc2ccc(Cl)c(-c3ccccn3)c2)c(Cl)c1.O=C(Nc1ccc(Cl)c(-c2ccccn2)c1)c1ccc(C(=O)N2CCNCC2)cc1Cl.O=C(Nc1ccc(Cl)c(-c2ccccn2)c1)c1ccc(NCCc2cnc[nH]2)nc1. The molecule has 8 heterocycles. The molecule has 6 aromatic heterocycles. The van der Waals surface area contributed by atoms with Crippen molar-refractivity contribution in [2.45, 2.75) is 19.5 Å². The number of amides is 7. The van der Waals surface area contributed by atoms with Crippen LogP contribution in [0.1, 0.15) is 85.1 Å². The molecule has 638 valence electrons. The largest absolute Gasteiger partial charge is 0.405 e. The van der Waals surface area contributed by atoms with E-state index in [-0.39, 0.29) is 61.3 Å². The van der Waals surface area contributed by atoms with E-state index >= 15 is 0 Å². The Morgan fingerprint density at radius 2 is 0.784 bits per heavy atom. The van der Waals surface area contributed by atoms with Crippen LogP contribution in [0.25, 0.3) is 45.0 Å². The van der Waals surface area contributed by atoms with Crippen molar-refractivity contribution in [3.63, 3.8) is 0 Å². The van der Waals surface area contributed by atoms with Crippen molar-refractivity contribution in [1.82, 2.24) is 60.2 Å². The van der Waals surface area contributed by atoms with E-state index in [0.29, 0.717) is 137 Å². The Kier molecular flexibility index (Phi) is 32.3. The van der Waals surface area contributed by atoms with E-state index in [1.807, 2.05) is 59.5 Å². The summed E-state index contributed by atoms with van der Waals surface area (Å²) in [7, 11) is 0. The summed E-state index contributed by atoms with van der Waals surface area (Å²) in [5.41, 5.74) is 10.7. The molecule has 0 bridgehead atoms. The first-order valence-electron chi connectivity index (χ1n) is 38.8. The van der Waals surface area contributed by atoms with Gasteiger partial charge in [0.15, 0.2) is 0 Å². The molecule has 2 aliphatic rings. The van der Waals surface area contributed by atoms with Gasteiger partial charge in [0.1, 0.15) is 12.4 Å². The molecule has 0 atom stereocenters. The smallest absolute Gasteiger partial charge is 0.370 e. The maximum atomic E-state index is 12.9. The van der Waals surface area contributed by atoms with Gasteiger partial charge in [-0.3, -0.25) is 53.5 Å². The third kappa shape index (κ3) is 25.8. The zero-order valence-electron chi connectivity index (χ0n) is 66.4. The average molecular weight is 1830 g/mol. The number of benzene rings is 7. The second-order valence-electron chi connectivity index (χ2n) is 27.8. The molecular weight excluding hydrogens is 1750 g/mol. The highest BCUT2D eigenvalue weighted by molar-refractivity contribution is 6.37. The summed E-state index contributed by atoms with van der Waals surface area (Å²) in [6.45, 7) is 8.24. The van der Waals surface area contributed by atoms with Crippen molar-refractivity contribution >= 4 is 151 Å². The molecule has 0 unspecified atom stereocenters. The molecule has 2 saturated heterocycles.